The average Bonchev–Trinajstić information content (AvgIpc) is 2.63. The monoisotopic (exact) mass is 381 g/mol. The summed E-state index contributed by atoms with van der Waals surface area (Å²) in [5.74, 6) is -2.10. The predicted octanol–water partition coefficient (Wildman–Crippen LogP) is 3.64. The van der Waals surface area contributed by atoms with Crippen molar-refractivity contribution >= 4 is 29.3 Å². The van der Waals surface area contributed by atoms with E-state index in [1.807, 2.05) is 0 Å². The van der Waals surface area contributed by atoms with E-state index in [4.69, 9.17) is 9.47 Å². The van der Waals surface area contributed by atoms with E-state index >= 15 is 0 Å². The summed E-state index contributed by atoms with van der Waals surface area (Å²) in [7, 11) is 1.48. The Morgan fingerprint density at radius 2 is 1.88 bits per heavy atom. The highest BCUT2D eigenvalue weighted by molar-refractivity contribution is 7.99. The molecule has 26 heavy (non-hydrogen) atoms. The first-order valence-electron chi connectivity index (χ1n) is 7.66. The van der Waals surface area contributed by atoms with Crippen molar-refractivity contribution in [3.05, 3.63) is 54.1 Å². The second-order valence-electron chi connectivity index (χ2n) is 5.08. The number of ether oxygens (including phenoxy) is 2. The van der Waals surface area contributed by atoms with Crippen molar-refractivity contribution in [3.63, 3.8) is 0 Å². The minimum Gasteiger partial charge on any atom is -0.495 e. The number of rotatable bonds is 8. The number of nitrogens with one attached hydrogen (secondary N) is 1. The number of carbonyl (C=O) groups is 2. The number of anilines is 1. The van der Waals surface area contributed by atoms with Gasteiger partial charge in [-0.15, -0.1) is 11.8 Å². The van der Waals surface area contributed by atoms with Crippen molar-refractivity contribution in [3.8, 4) is 5.75 Å². The molecule has 2 aromatic carbocycles. The molecule has 0 saturated heterocycles. The third-order valence-electron chi connectivity index (χ3n) is 3.21. The largest absolute Gasteiger partial charge is 0.495 e. The van der Waals surface area contributed by atoms with Gasteiger partial charge in [0, 0.05) is 10.6 Å². The number of thioether (sulfide) groups is 1. The lowest BCUT2D eigenvalue weighted by Crippen LogP contribution is -2.21. The van der Waals surface area contributed by atoms with Crippen LogP contribution in [0.5, 0.6) is 5.75 Å². The van der Waals surface area contributed by atoms with E-state index in [1.165, 1.54) is 24.9 Å². The number of carbonyl (C=O) groups excluding carboxylic acids is 2. The molecule has 0 saturated carbocycles. The number of hydrogen-bond donors (Lipinski definition) is 1. The Labute approximate surface area is 153 Å². The first-order valence-corrected chi connectivity index (χ1v) is 8.64. The third kappa shape index (κ3) is 6.03. The van der Waals surface area contributed by atoms with Crippen LogP contribution in [0.1, 0.15) is 6.42 Å². The minimum absolute atomic E-state index is 0.0333. The second kappa shape index (κ2) is 9.76. The van der Waals surface area contributed by atoms with Crippen LogP contribution in [-0.4, -0.2) is 31.3 Å². The molecule has 0 unspecified atom stereocenters. The Bertz CT molecular complexity index is 786. The van der Waals surface area contributed by atoms with Gasteiger partial charge in [0.15, 0.2) is 18.2 Å². The predicted molar refractivity (Wildman–Crippen MR) is 94.3 cm³/mol. The van der Waals surface area contributed by atoms with Gasteiger partial charge in [-0.1, -0.05) is 12.1 Å². The summed E-state index contributed by atoms with van der Waals surface area (Å²) in [5.41, 5.74) is 0.477. The Morgan fingerprint density at radius 3 is 2.62 bits per heavy atom. The van der Waals surface area contributed by atoms with Crippen molar-refractivity contribution in [1.29, 1.82) is 0 Å². The van der Waals surface area contributed by atoms with Crippen molar-refractivity contribution in [2.24, 2.45) is 0 Å². The van der Waals surface area contributed by atoms with Gasteiger partial charge in [0.05, 0.1) is 19.2 Å². The van der Waals surface area contributed by atoms with Gasteiger partial charge in [0.1, 0.15) is 5.75 Å². The highest BCUT2D eigenvalue weighted by atomic mass is 32.2. The van der Waals surface area contributed by atoms with Crippen LogP contribution in [0.15, 0.2) is 47.4 Å². The van der Waals surface area contributed by atoms with Crippen molar-refractivity contribution in [1.82, 2.24) is 0 Å². The molecule has 5 nitrogen and oxygen atoms in total. The zero-order valence-electron chi connectivity index (χ0n) is 14.0. The van der Waals surface area contributed by atoms with Gasteiger partial charge < -0.3 is 14.8 Å². The Balaban J connectivity index is 1.71. The number of para-hydroxylation sites is 2. The highest BCUT2D eigenvalue weighted by Gasteiger charge is 2.11. The first-order chi connectivity index (χ1) is 12.5. The fourth-order valence-electron chi connectivity index (χ4n) is 1.97. The van der Waals surface area contributed by atoms with Crippen LogP contribution in [0.3, 0.4) is 0 Å². The normalized spacial score (nSPS) is 10.3. The lowest BCUT2D eigenvalue weighted by molar-refractivity contribution is -0.146. The summed E-state index contributed by atoms with van der Waals surface area (Å²) >= 11 is 1.19. The van der Waals surface area contributed by atoms with Crippen molar-refractivity contribution in [2.45, 2.75) is 11.3 Å². The maximum absolute atomic E-state index is 13.1. The van der Waals surface area contributed by atoms with Gasteiger partial charge in [-0.2, -0.15) is 0 Å². The van der Waals surface area contributed by atoms with Crippen molar-refractivity contribution < 1.29 is 27.8 Å². The van der Waals surface area contributed by atoms with Gasteiger partial charge in [-0.3, -0.25) is 9.59 Å². The van der Waals surface area contributed by atoms with Gasteiger partial charge in [0.25, 0.3) is 5.91 Å². The summed E-state index contributed by atoms with van der Waals surface area (Å²) in [6.07, 6.45) is 0.0333. The van der Waals surface area contributed by atoms with E-state index in [9.17, 15) is 18.4 Å². The van der Waals surface area contributed by atoms with Crippen LogP contribution in [0, 0.1) is 11.6 Å². The number of methoxy groups -OCH3 is 1. The molecular formula is C18H17F2NO4S. The molecule has 0 spiro atoms. The minimum atomic E-state index is -0.939. The number of esters is 1. The fourth-order valence-corrected chi connectivity index (χ4v) is 2.83. The second-order valence-corrected chi connectivity index (χ2v) is 6.25. The summed E-state index contributed by atoms with van der Waals surface area (Å²) < 4.78 is 35.9. The molecule has 0 radical (unpaired) electrons. The zero-order valence-corrected chi connectivity index (χ0v) is 14.8. The molecular weight excluding hydrogens is 364 g/mol. The molecule has 0 fully saturated rings. The highest BCUT2D eigenvalue weighted by Crippen LogP contribution is 2.23. The molecule has 0 aromatic heterocycles. The van der Waals surface area contributed by atoms with Crippen LogP contribution >= 0.6 is 11.8 Å². The molecule has 0 bridgehead atoms. The van der Waals surface area contributed by atoms with Crippen LogP contribution in [0.2, 0.25) is 0 Å². The summed E-state index contributed by atoms with van der Waals surface area (Å²) in [6.45, 7) is -0.424. The van der Waals surface area contributed by atoms with E-state index in [2.05, 4.69) is 5.32 Å². The molecule has 0 heterocycles. The zero-order chi connectivity index (χ0) is 18.9. The van der Waals surface area contributed by atoms with E-state index in [0.29, 0.717) is 22.1 Å². The standard InChI is InChI=1S/C18H17F2NO4S/c1-24-16-5-3-2-4-15(16)21-17(22)11-25-18(23)8-9-26-12-6-7-13(19)14(20)10-12/h2-7,10H,8-9,11H2,1H3,(H,21,22). The molecule has 1 N–H and O–H groups in total. The lowest BCUT2D eigenvalue weighted by atomic mass is 10.3. The van der Waals surface area contributed by atoms with Gasteiger partial charge >= 0.3 is 5.97 Å². The van der Waals surface area contributed by atoms with E-state index in [0.717, 1.165) is 12.1 Å². The Morgan fingerprint density at radius 1 is 1.12 bits per heavy atom. The number of benzene rings is 2. The molecule has 2 rings (SSSR count). The quantitative estimate of drug-likeness (QED) is 0.559. The van der Waals surface area contributed by atoms with Gasteiger partial charge in [-0.25, -0.2) is 8.78 Å². The van der Waals surface area contributed by atoms with Crippen LogP contribution in [0.4, 0.5) is 14.5 Å². The smallest absolute Gasteiger partial charge is 0.307 e. The van der Waals surface area contributed by atoms with Crippen LogP contribution in [-0.2, 0) is 14.3 Å². The maximum atomic E-state index is 13.1. The lowest BCUT2D eigenvalue weighted by Gasteiger charge is -2.10. The van der Waals surface area contributed by atoms with E-state index < -0.39 is 30.1 Å². The van der Waals surface area contributed by atoms with Crippen molar-refractivity contribution in [2.75, 3.05) is 24.8 Å². The molecule has 0 aliphatic rings. The van der Waals surface area contributed by atoms with Crippen LogP contribution in [0.25, 0.3) is 0 Å². The molecule has 0 atom stereocenters. The van der Waals surface area contributed by atoms with Gasteiger partial charge in [-0.05, 0) is 30.3 Å². The summed E-state index contributed by atoms with van der Waals surface area (Å²) in [5, 5.41) is 2.59. The number of halogens is 2. The maximum Gasteiger partial charge on any atom is 0.307 e. The third-order valence-corrected chi connectivity index (χ3v) is 4.21. The Kier molecular flexibility index (Phi) is 7.40. The molecule has 2 aromatic rings. The van der Waals surface area contributed by atoms with Crippen LogP contribution < -0.4 is 10.1 Å². The Hall–Kier alpha value is -2.61. The summed E-state index contributed by atoms with van der Waals surface area (Å²) in [6, 6.07) is 10.4. The fraction of sp³-hybridized carbons (Fsp3) is 0.222. The molecule has 0 aliphatic carbocycles. The molecule has 0 aliphatic heterocycles. The van der Waals surface area contributed by atoms with Gasteiger partial charge in [0.2, 0.25) is 0 Å². The number of amides is 1. The topological polar surface area (TPSA) is 64.6 Å². The number of hydrogen-bond acceptors (Lipinski definition) is 5. The summed E-state index contributed by atoms with van der Waals surface area (Å²) in [4.78, 5) is 24.0. The van der Waals surface area contributed by atoms with E-state index in [1.54, 1.807) is 24.3 Å². The average molecular weight is 381 g/mol. The molecule has 1 amide bonds. The molecule has 138 valence electrons. The van der Waals surface area contributed by atoms with E-state index in [-0.39, 0.29) is 6.42 Å². The molecule has 8 heteroatoms. The first kappa shape index (κ1) is 19.7. The SMILES string of the molecule is COc1ccccc1NC(=O)COC(=O)CCSc1ccc(F)c(F)c1.